The van der Waals surface area contributed by atoms with Crippen molar-refractivity contribution in [3.8, 4) is 0 Å². The van der Waals surface area contributed by atoms with Crippen LogP contribution < -0.4 is 5.32 Å². The van der Waals surface area contributed by atoms with Crippen molar-refractivity contribution >= 4 is 5.97 Å². The number of hydrogen-bond donors (Lipinski definition) is 1. The van der Waals surface area contributed by atoms with E-state index in [4.69, 9.17) is 4.74 Å². The Balaban J connectivity index is 2.00. The van der Waals surface area contributed by atoms with E-state index in [1.165, 1.54) is 38.6 Å². The van der Waals surface area contributed by atoms with Gasteiger partial charge in [0.05, 0.1) is 6.61 Å². The first-order valence-corrected chi connectivity index (χ1v) is 6.98. The zero-order valence-corrected chi connectivity index (χ0v) is 11.7. The molecule has 1 aliphatic rings. The Kier molecular flexibility index (Phi) is 7.69. The van der Waals surface area contributed by atoms with Gasteiger partial charge in [0.25, 0.3) is 0 Å². The molecule has 0 aromatic heterocycles. The molecule has 4 heteroatoms. The maximum Gasteiger partial charge on any atom is 0.330 e. The molecular formula is C14H26N2O2. The van der Waals surface area contributed by atoms with Crippen molar-refractivity contribution in [3.05, 3.63) is 12.2 Å². The smallest absolute Gasteiger partial charge is 0.330 e. The Labute approximate surface area is 110 Å². The zero-order valence-electron chi connectivity index (χ0n) is 11.7. The van der Waals surface area contributed by atoms with Gasteiger partial charge in [0.15, 0.2) is 0 Å². The summed E-state index contributed by atoms with van der Waals surface area (Å²) < 4.78 is 4.80. The minimum absolute atomic E-state index is 0.260. The molecule has 18 heavy (non-hydrogen) atoms. The second-order valence-corrected chi connectivity index (χ2v) is 4.93. The van der Waals surface area contributed by atoms with E-state index in [1.54, 1.807) is 0 Å². The Morgan fingerprint density at radius 2 is 2.17 bits per heavy atom. The van der Waals surface area contributed by atoms with Gasteiger partial charge >= 0.3 is 5.97 Å². The molecule has 0 aliphatic carbocycles. The third kappa shape index (κ3) is 6.77. The summed E-state index contributed by atoms with van der Waals surface area (Å²) in [6.45, 7) is 9.91. The van der Waals surface area contributed by atoms with Crippen LogP contribution in [-0.4, -0.2) is 50.2 Å². The molecule has 0 aromatic carbocycles. The summed E-state index contributed by atoms with van der Waals surface area (Å²) in [6.07, 6.45) is 6.01. The molecule has 4 nitrogen and oxygen atoms in total. The van der Waals surface area contributed by atoms with E-state index in [1.807, 2.05) is 13.0 Å². The number of carbonyl (C=O) groups is 1. The Hall–Kier alpha value is -0.870. The fraction of sp³-hybridized carbons (Fsp3) is 0.786. The molecule has 1 fully saturated rings. The van der Waals surface area contributed by atoms with Crippen LogP contribution >= 0.6 is 0 Å². The average molecular weight is 254 g/mol. The molecular weight excluding hydrogens is 228 g/mol. The number of hydrogen-bond acceptors (Lipinski definition) is 4. The first kappa shape index (κ1) is 15.2. The fourth-order valence-corrected chi connectivity index (χ4v) is 2.23. The van der Waals surface area contributed by atoms with Crippen molar-refractivity contribution in [3.63, 3.8) is 0 Å². The normalized spacial score (nSPS) is 18.3. The second kappa shape index (κ2) is 9.11. The monoisotopic (exact) mass is 254 g/mol. The number of nitrogens with one attached hydrogen (secondary N) is 1. The van der Waals surface area contributed by atoms with Gasteiger partial charge in [-0.2, -0.15) is 0 Å². The lowest BCUT2D eigenvalue weighted by Gasteiger charge is -2.20. The zero-order chi connectivity index (χ0) is 13.2. The molecule has 1 aliphatic heterocycles. The van der Waals surface area contributed by atoms with Crippen LogP contribution in [0.5, 0.6) is 0 Å². The first-order valence-electron chi connectivity index (χ1n) is 6.98. The van der Waals surface area contributed by atoms with Crippen LogP contribution in [0.4, 0.5) is 0 Å². The summed E-state index contributed by atoms with van der Waals surface area (Å²) >= 11 is 0. The summed E-state index contributed by atoms with van der Waals surface area (Å²) in [5.74, 6) is 0.392. The van der Waals surface area contributed by atoms with Gasteiger partial charge in [-0.1, -0.05) is 13.0 Å². The van der Waals surface area contributed by atoms with Gasteiger partial charge < -0.3 is 15.0 Å². The summed E-state index contributed by atoms with van der Waals surface area (Å²) in [5, 5.41) is 3.34. The van der Waals surface area contributed by atoms with E-state index < -0.39 is 0 Å². The number of carbonyl (C=O) groups excluding carboxylic acids is 1. The van der Waals surface area contributed by atoms with Gasteiger partial charge in [0.2, 0.25) is 0 Å². The molecule has 1 heterocycles. The predicted molar refractivity (Wildman–Crippen MR) is 73.5 cm³/mol. The third-order valence-corrected chi connectivity index (χ3v) is 3.06. The molecule has 1 atom stereocenters. The lowest BCUT2D eigenvalue weighted by atomic mass is 10.1. The highest BCUT2D eigenvalue weighted by atomic mass is 16.5. The number of rotatable bonds is 8. The molecule has 0 aromatic rings. The van der Waals surface area contributed by atoms with Crippen LogP contribution in [0.3, 0.4) is 0 Å². The van der Waals surface area contributed by atoms with Crippen molar-refractivity contribution in [2.45, 2.75) is 26.7 Å². The molecule has 0 radical (unpaired) electrons. The van der Waals surface area contributed by atoms with E-state index in [2.05, 4.69) is 17.1 Å². The summed E-state index contributed by atoms with van der Waals surface area (Å²) in [6, 6.07) is 0. The average Bonchev–Trinajstić information content (AvgIpc) is 2.81. The van der Waals surface area contributed by atoms with Crippen LogP contribution in [0, 0.1) is 5.92 Å². The summed E-state index contributed by atoms with van der Waals surface area (Å²) in [7, 11) is 0. The molecule has 0 saturated carbocycles. The molecule has 0 bridgehead atoms. The van der Waals surface area contributed by atoms with Crippen molar-refractivity contribution < 1.29 is 9.53 Å². The van der Waals surface area contributed by atoms with Crippen LogP contribution in [-0.2, 0) is 9.53 Å². The van der Waals surface area contributed by atoms with Gasteiger partial charge in [0, 0.05) is 19.2 Å². The minimum atomic E-state index is -0.260. The van der Waals surface area contributed by atoms with Crippen molar-refractivity contribution in [1.82, 2.24) is 10.2 Å². The first-order chi connectivity index (χ1) is 8.72. The van der Waals surface area contributed by atoms with Gasteiger partial charge in [0.1, 0.15) is 0 Å². The summed E-state index contributed by atoms with van der Waals surface area (Å²) in [5.41, 5.74) is 0. The Morgan fingerprint density at radius 3 is 2.83 bits per heavy atom. The Bertz CT molecular complexity index is 261. The fourth-order valence-electron chi connectivity index (χ4n) is 2.23. The number of likely N-dealkylation sites (tertiary alicyclic amines) is 1. The molecule has 0 amide bonds. The molecule has 104 valence electrons. The maximum absolute atomic E-state index is 11.0. The number of esters is 1. The molecule has 1 rings (SSSR count). The highest BCUT2D eigenvalue weighted by Gasteiger charge is 2.13. The highest BCUT2D eigenvalue weighted by molar-refractivity contribution is 5.81. The number of ether oxygens (including phenoxy) is 1. The van der Waals surface area contributed by atoms with E-state index in [-0.39, 0.29) is 5.97 Å². The van der Waals surface area contributed by atoms with E-state index in [9.17, 15) is 4.79 Å². The maximum atomic E-state index is 11.0. The van der Waals surface area contributed by atoms with E-state index in [0.29, 0.717) is 12.5 Å². The van der Waals surface area contributed by atoms with Gasteiger partial charge in [-0.15, -0.1) is 0 Å². The van der Waals surface area contributed by atoms with Crippen molar-refractivity contribution in [2.75, 3.05) is 39.3 Å². The highest BCUT2D eigenvalue weighted by Crippen LogP contribution is 2.09. The second-order valence-electron chi connectivity index (χ2n) is 4.93. The van der Waals surface area contributed by atoms with Gasteiger partial charge in [-0.05, 0) is 45.3 Å². The lowest BCUT2D eigenvalue weighted by Crippen LogP contribution is -2.31. The minimum Gasteiger partial charge on any atom is -0.463 e. The SMILES string of the molecule is CCOC(=O)/C=C/CNCC(C)CN1CCCC1. The van der Waals surface area contributed by atoms with Crippen molar-refractivity contribution in [2.24, 2.45) is 5.92 Å². The molecule has 1 saturated heterocycles. The van der Waals surface area contributed by atoms with Gasteiger partial charge in [-0.25, -0.2) is 4.79 Å². The topological polar surface area (TPSA) is 41.6 Å². The summed E-state index contributed by atoms with van der Waals surface area (Å²) in [4.78, 5) is 13.6. The quantitative estimate of drug-likeness (QED) is 0.404. The lowest BCUT2D eigenvalue weighted by molar-refractivity contribution is -0.137. The standard InChI is InChI=1S/C14H26N2O2/c1-3-18-14(17)7-6-8-15-11-13(2)12-16-9-4-5-10-16/h6-7,13,15H,3-5,8-12H2,1-2H3/b7-6+. The molecule has 1 unspecified atom stereocenters. The van der Waals surface area contributed by atoms with Gasteiger partial charge in [-0.3, -0.25) is 0 Å². The van der Waals surface area contributed by atoms with E-state index >= 15 is 0 Å². The van der Waals surface area contributed by atoms with Crippen molar-refractivity contribution in [1.29, 1.82) is 0 Å². The third-order valence-electron chi connectivity index (χ3n) is 3.06. The predicted octanol–water partition coefficient (Wildman–Crippen LogP) is 1.43. The van der Waals surface area contributed by atoms with Crippen LogP contribution in [0.1, 0.15) is 26.7 Å². The van der Waals surface area contributed by atoms with Crippen LogP contribution in [0.25, 0.3) is 0 Å². The Morgan fingerprint density at radius 1 is 1.44 bits per heavy atom. The molecule has 0 spiro atoms. The van der Waals surface area contributed by atoms with Crippen LogP contribution in [0.2, 0.25) is 0 Å². The van der Waals surface area contributed by atoms with Crippen LogP contribution in [0.15, 0.2) is 12.2 Å². The molecule has 1 N–H and O–H groups in total. The largest absolute Gasteiger partial charge is 0.463 e. The van der Waals surface area contributed by atoms with E-state index in [0.717, 1.165) is 13.1 Å². The number of nitrogens with zero attached hydrogens (tertiary/aromatic N) is 1.